The lowest BCUT2D eigenvalue weighted by Gasteiger charge is -2.20. The van der Waals surface area contributed by atoms with Crippen molar-refractivity contribution in [3.8, 4) is 12.1 Å². The summed E-state index contributed by atoms with van der Waals surface area (Å²) in [6.45, 7) is 2.00. The van der Waals surface area contributed by atoms with Crippen LogP contribution in [0.25, 0.3) is 27.7 Å². The van der Waals surface area contributed by atoms with Crippen LogP contribution in [0.2, 0.25) is 0 Å². The zero-order chi connectivity index (χ0) is 22.2. The zero-order valence-electron chi connectivity index (χ0n) is 16.9. The van der Waals surface area contributed by atoms with E-state index in [1.807, 2.05) is 43.3 Å². The van der Waals surface area contributed by atoms with Gasteiger partial charge in [0.2, 0.25) is 0 Å². The SMILES string of the molecule is Cc1ccc(C2=CC(c3nnc4c5ccccc5c(=O)[nH]n34)=C(C#N)/C(=C/C#N)N2)cc1. The van der Waals surface area contributed by atoms with Crippen LogP contribution in [0.4, 0.5) is 0 Å². The molecule has 32 heavy (non-hydrogen) atoms. The molecule has 8 heteroatoms. The van der Waals surface area contributed by atoms with E-state index in [9.17, 15) is 15.3 Å². The molecule has 0 saturated heterocycles. The highest BCUT2D eigenvalue weighted by atomic mass is 16.1. The fourth-order valence-electron chi connectivity index (χ4n) is 3.74. The number of nitrogens with zero attached hydrogens (tertiary/aromatic N) is 5. The van der Waals surface area contributed by atoms with E-state index in [4.69, 9.17) is 0 Å². The summed E-state index contributed by atoms with van der Waals surface area (Å²) in [6.07, 6.45) is 3.06. The molecule has 0 amide bonds. The third-order valence-electron chi connectivity index (χ3n) is 5.31. The third kappa shape index (κ3) is 2.95. The number of nitrogens with one attached hydrogen (secondary N) is 2. The van der Waals surface area contributed by atoms with Crippen LogP contribution >= 0.6 is 0 Å². The van der Waals surface area contributed by atoms with E-state index in [1.165, 1.54) is 10.6 Å². The van der Waals surface area contributed by atoms with Crippen LogP contribution in [-0.4, -0.2) is 19.8 Å². The molecule has 1 aliphatic rings. The minimum absolute atomic E-state index is 0.228. The lowest BCUT2D eigenvalue weighted by Crippen LogP contribution is -2.20. The summed E-state index contributed by atoms with van der Waals surface area (Å²) in [4.78, 5) is 12.7. The van der Waals surface area contributed by atoms with E-state index in [1.54, 1.807) is 24.3 Å². The number of benzene rings is 2. The van der Waals surface area contributed by atoms with Crippen molar-refractivity contribution in [3.63, 3.8) is 0 Å². The van der Waals surface area contributed by atoms with Crippen LogP contribution in [-0.2, 0) is 0 Å². The highest BCUT2D eigenvalue weighted by Gasteiger charge is 2.24. The molecule has 2 aromatic carbocycles. The molecule has 0 radical (unpaired) electrons. The number of hydrogen-bond acceptors (Lipinski definition) is 6. The molecule has 0 atom stereocenters. The first kappa shape index (κ1) is 19.0. The first-order valence-electron chi connectivity index (χ1n) is 9.77. The molecule has 152 valence electrons. The van der Waals surface area contributed by atoms with Crippen LogP contribution < -0.4 is 10.9 Å². The van der Waals surface area contributed by atoms with E-state index in [-0.39, 0.29) is 11.1 Å². The van der Waals surface area contributed by atoms with Crippen molar-refractivity contribution in [3.05, 3.63) is 99.3 Å². The number of fused-ring (bicyclic) bond motifs is 3. The van der Waals surface area contributed by atoms with Gasteiger partial charge in [-0.3, -0.25) is 9.89 Å². The van der Waals surface area contributed by atoms with Crippen molar-refractivity contribution < 1.29 is 0 Å². The van der Waals surface area contributed by atoms with Crippen LogP contribution in [0.5, 0.6) is 0 Å². The maximum atomic E-state index is 12.7. The maximum Gasteiger partial charge on any atom is 0.270 e. The van der Waals surface area contributed by atoms with Gasteiger partial charge in [0.1, 0.15) is 6.07 Å². The summed E-state index contributed by atoms with van der Waals surface area (Å²) in [5.41, 5.74) is 3.88. The minimum Gasteiger partial charge on any atom is -0.353 e. The number of allylic oxidation sites excluding steroid dienone is 4. The molecule has 8 nitrogen and oxygen atoms in total. The number of aromatic nitrogens is 4. The van der Waals surface area contributed by atoms with Gasteiger partial charge in [-0.2, -0.15) is 10.5 Å². The zero-order valence-corrected chi connectivity index (χ0v) is 16.9. The van der Waals surface area contributed by atoms with Gasteiger partial charge < -0.3 is 5.32 Å². The van der Waals surface area contributed by atoms with Gasteiger partial charge in [-0.05, 0) is 24.6 Å². The van der Waals surface area contributed by atoms with Crippen molar-refractivity contribution >= 4 is 27.7 Å². The van der Waals surface area contributed by atoms with Gasteiger partial charge in [-0.15, -0.1) is 10.2 Å². The maximum absolute atomic E-state index is 12.7. The van der Waals surface area contributed by atoms with Crippen molar-refractivity contribution in [1.82, 2.24) is 25.1 Å². The van der Waals surface area contributed by atoms with Crippen molar-refractivity contribution in [1.29, 1.82) is 10.5 Å². The Morgan fingerprint density at radius 1 is 1.03 bits per heavy atom. The topological polar surface area (TPSA) is 123 Å². The monoisotopic (exact) mass is 417 g/mol. The normalized spacial score (nSPS) is 14.8. The van der Waals surface area contributed by atoms with Crippen LogP contribution in [0, 0.1) is 29.6 Å². The van der Waals surface area contributed by atoms with Crippen LogP contribution in [0.1, 0.15) is 17.0 Å². The molecule has 5 rings (SSSR count). The Kier molecular flexibility index (Phi) is 4.39. The molecule has 4 aromatic rings. The third-order valence-corrected chi connectivity index (χ3v) is 5.31. The van der Waals surface area contributed by atoms with E-state index >= 15 is 0 Å². The summed E-state index contributed by atoms with van der Waals surface area (Å²) in [5, 5.41) is 34.8. The van der Waals surface area contributed by atoms with Crippen LogP contribution in [0.3, 0.4) is 0 Å². The van der Waals surface area contributed by atoms with Gasteiger partial charge >= 0.3 is 0 Å². The smallest absolute Gasteiger partial charge is 0.270 e. The first-order valence-corrected chi connectivity index (χ1v) is 9.77. The Hall–Kier alpha value is -4.95. The van der Waals surface area contributed by atoms with Gasteiger partial charge in [0.05, 0.1) is 22.7 Å². The van der Waals surface area contributed by atoms with E-state index in [2.05, 4.69) is 26.7 Å². The number of aryl methyl sites for hydroxylation is 1. The molecule has 2 N–H and O–H groups in total. The molecule has 0 fully saturated rings. The fourth-order valence-corrected chi connectivity index (χ4v) is 3.74. The molecule has 0 spiro atoms. The van der Waals surface area contributed by atoms with Gasteiger partial charge in [-0.25, -0.2) is 4.52 Å². The second kappa shape index (κ2) is 7.38. The van der Waals surface area contributed by atoms with Gasteiger partial charge in [0, 0.05) is 22.7 Å². The number of nitriles is 2. The largest absolute Gasteiger partial charge is 0.353 e. The molecule has 1 aliphatic heterocycles. The molecular weight excluding hydrogens is 402 g/mol. The van der Waals surface area contributed by atoms with E-state index < -0.39 is 0 Å². The van der Waals surface area contributed by atoms with E-state index in [0.717, 1.165) is 11.1 Å². The predicted octanol–water partition coefficient (Wildman–Crippen LogP) is 3.21. The highest BCUT2D eigenvalue weighted by molar-refractivity contribution is 5.95. The summed E-state index contributed by atoms with van der Waals surface area (Å²) in [5.74, 6) is 0.300. The second-order valence-electron chi connectivity index (χ2n) is 7.31. The molecule has 0 unspecified atom stereocenters. The summed E-state index contributed by atoms with van der Waals surface area (Å²) < 4.78 is 1.48. The quantitative estimate of drug-likeness (QED) is 0.483. The number of rotatable bonds is 2. The Morgan fingerprint density at radius 2 is 1.78 bits per heavy atom. The summed E-state index contributed by atoms with van der Waals surface area (Å²) in [6, 6.07) is 19.1. The van der Waals surface area contributed by atoms with E-state index in [0.29, 0.717) is 39.2 Å². The Labute approximate surface area is 182 Å². The molecule has 3 heterocycles. The molecule has 2 aromatic heterocycles. The fraction of sp³-hybridized carbons (Fsp3) is 0.0417. The van der Waals surface area contributed by atoms with Gasteiger partial charge in [0.25, 0.3) is 5.56 Å². The molecular formula is C24H15N7O. The van der Waals surface area contributed by atoms with Crippen molar-refractivity contribution in [2.75, 3.05) is 0 Å². The lowest BCUT2D eigenvalue weighted by molar-refractivity contribution is 0.889. The van der Waals surface area contributed by atoms with Gasteiger partial charge in [-0.1, -0.05) is 48.0 Å². The Balaban J connectivity index is 1.81. The number of aromatic amines is 1. The first-order chi connectivity index (χ1) is 15.6. The average Bonchev–Trinajstić information content (AvgIpc) is 3.23. The standard InChI is InChI=1S/C24H15N7O/c1-14-6-8-15(9-7-14)21-12-18(19(13-26)20(27-21)10-11-25)23-29-28-22-16-4-2-3-5-17(16)24(32)30-31(22)23/h2-10,12,27H,1H3,(H,30,32)/b20-10-. The Bertz CT molecular complexity index is 1630. The predicted molar refractivity (Wildman–Crippen MR) is 120 cm³/mol. The number of hydrogen-bond donors (Lipinski definition) is 2. The molecule has 0 aliphatic carbocycles. The number of H-pyrrole nitrogens is 1. The summed E-state index contributed by atoms with van der Waals surface area (Å²) >= 11 is 0. The van der Waals surface area contributed by atoms with Crippen molar-refractivity contribution in [2.24, 2.45) is 0 Å². The minimum atomic E-state index is -0.294. The highest BCUT2D eigenvalue weighted by Crippen LogP contribution is 2.32. The molecule has 0 saturated carbocycles. The van der Waals surface area contributed by atoms with Crippen LogP contribution in [0.15, 0.2) is 76.7 Å². The van der Waals surface area contributed by atoms with Crippen molar-refractivity contribution in [2.45, 2.75) is 6.92 Å². The lowest BCUT2D eigenvalue weighted by atomic mass is 9.97. The molecule has 0 bridgehead atoms. The van der Waals surface area contributed by atoms with Gasteiger partial charge in [0.15, 0.2) is 11.5 Å². The second-order valence-corrected chi connectivity index (χ2v) is 7.31. The Morgan fingerprint density at radius 3 is 2.50 bits per heavy atom. The number of dihydropyridines is 1. The summed E-state index contributed by atoms with van der Waals surface area (Å²) in [7, 11) is 0. The average molecular weight is 417 g/mol.